The standard InChI is InChI=1S/C29H34F3N3O3S2/c1-34(18-19-40(36,37)38-21-29(30,31)32)25-13-10-22(11-14-25)20-23-12-15-26(27(23)35-16-6-3-7-17-35)28(39)33-24-8-4-2-5-9-24/h2,4-5,8-11,13-14,20H,3,6-7,12,15-19,21H2,1H3,(H,33,39)/b23-20+. The summed E-state index contributed by atoms with van der Waals surface area (Å²) in [7, 11) is -2.60. The number of benzene rings is 2. The maximum atomic E-state index is 12.3. The number of hydrogen-bond acceptors (Lipinski definition) is 6. The third-order valence-corrected chi connectivity index (χ3v) is 8.47. The van der Waals surface area contributed by atoms with Gasteiger partial charge in [-0.1, -0.05) is 42.5 Å². The van der Waals surface area contributed by atoms with E-state index in [1.165, 1.54) is 17.7 Å². The summed E-state index contributed by atoms with van der Waals surface area (Å²) in [6.07, 6.45) is 2.77. The SMILES string of the molecule is CN(CCS(=O)(=O)OCC(F)(F)F)c1ccc(/C=C2\CCC(C(=S)Nc3ccccc3)=C2N2CCCCC2)cc1. The Morgan fingerprint density at radius 2 is 1.73 bits per heavy atom. The third kappa shape index (κ3) is 8.55. The quantitative estimate of drug-likeness (QED) is 0.253. The number of thiocarbonyl (C=S) groups is 1. The number of allylic oxidation sites excluding steroid dienone is 1. The molecule has 0 unspecified atom stereocenters. The fourth-order valence-electron chi connectivity index (χ4n) is 4.91. The summed E-state index contributed by atoms with van der Waals surface area (Å²) in [5, 5.41) is 3.40. The van der Waals surface area contributed by atoms with Gasteiger partial charge in [-0.05, 0) is 73.6 Å². The van der Waals surface area contributed by atoms with E-state index in [0.29, 0.717) is 0 Å². The van der Waals surface area contributed by atoms with E-state index in [4.69, 9.17) is 12.2 Å². The molecular weight excluding hydrogens is 559 g/mol. The fraction of sp³-hybridized carbons (Fsp3) is 0.414. The van der Waals surface area contributed by atoms with Crippen molar-refractivity contribution in [2.75, 3.05) is 49.3 Å². The lowest BCUT2D eigenvalue weighted by atomic mass is 10.0. The van der Waals surface area contributed by atoms with Crippen molar-refractivity contribution >= 4 is 44.8 Å². The van der Waals surface area contributed by atoms with Crippen LogP contribution < -0.4 is 10.2 Å². The summed E-state index contributed by atoms with van der Waals surface area (Å²) in [4.78, 5) is 4.88. The summed E-state index contributed by atoms with van der Waals surface area (Å²) in [6, 6.07) is 17.6. The zero-order valence-electron chi connectivity index (χ0n) is 22.4. The summed E-state index contributed by atoms with van der Waals surface area (Å²) >= 11 is 5.86. The first-order chi connectivity index (χ1) is 19.0. The molecule has 1 fully saturated rings. The Balaban J connectivity index is 1.47. The van der Waals surface area contributed by atoms with Gasteiger partial charge in [0, 0.05) is 49.3 Å². The molecule has 0 atom stereocenters. The molecule has 2 aromatic rings. The highest BCUT2D eigenvalue weighted by Crippen LogP contribution is 2.37. The van der Waals surface area contributed by atoms with Crippen molar-refractivity contribution in [3.05, 3.63) is 77.0 Å². The average Bonchev–Trinajstić information content (AvgIpc) is 3.35. The first-order valence-corrected chi connectivity index (χ1v) is 15.3. The van der Waals surface area contributed by atoms with Crippen molar-refractivity contribution in [3.63, 3.8) is 0 Å². The summed E-state index contributed by atoms with van der Waals surface area (Å²) < 4.78 is 64.6. The number of hydrogen-bond donors (Lipinski definition) is 1. The van der Waals surface area contributed by atoms with E-state index >= 15 is 0 Å². The number of nitrogens with one attached hydrogen (secondary N) is 1. The van der Waals surface area contributed by atoms with Crippen molar-refractivity contribution in [2.45, 2.75) is 38.3 Å². The molecule has 11 heteroatoms. The van der Waals surface area contributed by atoms with Crippen molar-refractivity contribution in [2.24, 2.45) is 0 Å². The minimum Gasteiger partial charge on any atom is -0.373 e. The second-order valence-electron chi connectivity index (χ2n) is 10.0. The van der Waals surface area contributed by atoms with Gasteiger partial charge in [0.05, 0.1) is 5.75 Å². The molecule has 6 nitrogen and oxygen atoms in total. The second kappa shape index (κ2) is 13.2. The molecule has 0 aromatic heterocycles. The zero-order valence-corrected chi connectivity index (χ0v) is 24.0. The topological polar surface area (TPSA) is 61.9 Å². The molecule has 2 aliphatic rings. The van der Waals surface area contributed by atoms with E-state index in [0.717, 1.165) is 66.3 Å². The van der Waals surface area contributed by atoms with Crippen LogP contribution in [-0.4, -0.2) is 63.5 Å². The largest absolute Gasteiger partial charge is 0.413 e. The normalized spacial score (nSPS) is 17.4. The maximum absolute atomic E-state index is 12.3. The molecule has 1 heterocycles. The Bertz CT molecular complexity index is 1340. The molecule has 0 bridgehead atoms. The van der Waals surface area contributed by atoms with Gasteiger partial charge in [0.2, 0.25) is 0 Å². The first kappa shape index (κ1) is 30.1. The van der Waals surface area contributed by atoms with E-state index in [-0.39, 0.29) is 6.54 Å². The third-order valence-electron chi connectivity index (χ3n) is 6.97. The Kier molecular flexibility index (Phi) is 9.91. The molecule has 1 aliphatic carbocycles. The molecule has 4 rings (SSSR count). The van der Waals surface area contributed by atoms with E-state index in [2.05, 4.69) is 20.5 Å². The lowest BCUT2D eigenvalue weighted by molar-refractivity contribution is -0.152. The molecule has 216 valence electrons. The number of piperidine rings is 1. The van der Waals surface area contributed by atoms with Gasteiger partial charge in [-0.2, -0.15) is 21.6 Å². The van der Waals surface area contributed by atoms with Crippen LogP contribution in [0.4, 0.5) is 24.5 Å². The van der Waals surface area contributed by atoms with Crippen LogP contribution in [0, 0.1) is 0 Å². The molecule has 40 heavy (non-hydrogen) atoms. The fourth-order valence-corrected chi connectivity index (χ4v) is 6.16. The molecule has 1 aliphatic heterocycles. The summed E-state index contributed by atoms with van der Waals surface area (Å²) in [5.41, 5.74) is 6.35. The smallest absolute Gasteiger partial charge is 0.373 e. The second-order valence-corrected chi connectivity index (χ2v) is 12.2. The molecule has 2 aromatic carbocycles. The molecule has 0 radical (unpaired) electrons. The van der Waals surface area contributed by atoms with Gasteiger partial charge in [0.25, 0.3) is 10.1 Å². The van der Waals surface area contributed by atoms with Crippen LogP contribution in [0.15, 0.2) is 71.4 Å². The van der Waals surface area contributed by atoms with Crippen LogP contribution >= 0.6 is 12.2 Å². The molecule has 1 saturated heterocycles. The van der Waals surface area contributed by atoms with Crippen molar-refractivity contribution in [1.82, 2.24) is 4.90 Å². The summed E-state index contributed by atoms with van der Waals surface area (Å²) in [5.74, 6) is -0.547. The van der Waals surface area contributed by atoms with E-state index in [1.54, 1.807) is 11.9 Å². The van der Waals surface area contributed by atoms with Crippen LogP contribution in [0.3, 0.4) is 0 Å². The van der Waals surface area contributed by atoms with Gasteiger partial charge < -0.3 is 15.1 Å². The lowest BCUT2D eigenvalue weighted by Crippen LogP contribution is -2.31. The van der Waals surface area contributed by atoms with Gasteiger partial charge in [0.15, 0.2) is 6.61 Å². The van der Waals surface area contributed by atoms with Gasteiger partial charge in [0.1, 0.15) is 4.99 Å². The Morgan fingerprint density at radius 1 is 1.05 bits per heavy atom. The zero-order chi connectivity index (χ0) is 28.8. The van der Waals surface area contributed by atoms with E-state index in [9.17, 15) is 21.6 Å². The maximum Gasteiger partial charge on any atom is 0.413 e. The Labute approximate surface area is 239 Å². The number of alkyl halides is 3. The number of nitrogens with zero attached hydrogens (tertiary/aromatic N) is 2. The van der Waals surface area contributed by atoms with Crippen LogP contribution in [0.25, 0.3) is 6.08 Å². The van der Waals surface area contributed by atoms with Crippen molar-refractivity contribution < 1.29 is 25.8 Å². The monoisotopic (exact) mass is 593 g/mol. The van der Waals surface area contributed by atoms with Gasteiger partial charge in [-0.25, -0.2) is 0 Å². The highest BCUT2D eigenvalue weighted by molar-refractivity contribution is 7.86. The predicted molar refractivity (Wildman–Crippen MR) is 158 cm³/mol. The molecule has 0 amide bonds. The van der Waals surface area contributed by atoms with E-state index in [1.807, 2.05) is 54.6 Å². The van der Waals surface area contributed by atoms with Crippen molar-refractivity contribution in [1.29, 1.82) is 0 Å². The highest BCUT2D eigenvalue weighted by Gasteiger charge is 2.31. The Morgan fingerprint density at radius 3 is 2.38 bits per heavy atom. The molecule has 0 spiro atoms. The van der Waals surface area contributed by atoms with E-state index < -0.39 is 28.7 Å². The van der Waals surface area contributed by atoms with Crippen LogP contribution in [0.5, 0.6) is 0 Å². The summed E-state index contributed by atoms with van der Waals surface area (Å²) in [6.45, 7) is 0.190. The van der Waals surface area contributed by atoms with Crippen molar-refractivity contribution in [3.8, 4) is 0 Å². The minimum atomic E-state index is -4.70. The van der Waals surface area contributed by atoms with Crippen LogP contribution in [0.1, 0.15) is 37.7 Å². The Hall–Kier alpha value is -2.89. The number of anilines is 2. The number of para-hydroxylation sites is 1. The molecule has 1 N–H and O–H groups in total. The number of halogens is 3. The first-order valence-electron chi connectivity index (χ1n) is 13.3. The lowest BCUT2D eigenvalue weighted by Gasteiger charge is -2.32. The predicted octanol–water partition coefficient (Wildman–Crippen LogP) is 6.39. The van der Waals surface area contributed by atoms with Gasteiger partial charge in [-0.15, -0.1) is 0 Å². The average molecular weight is 594 g/mol. The highest BCUT2D eigenvalue weighted by atomic mass is 32.2. The van der Waals surface area contributed by atoms with Gasteiger partial charge >= 0.3 is 6.18 Å². The number of rotatable bonds is 10. The van der Waals surface area contributed by atoms with Crippen LogP contribution in [-0.2, 0) is 14.3 Å². The van der Waals surface area contributed by atoms with Gasteiger partial charge in [-0.3, -0.25) is 4.18 Å². The molecule has 0 saturated carbocycles. The molecular formula is C29H34F3N3O3S2. The van der Waals surface area contributed by atoms with Crippen LogP contribution in [0.2, 0.25) is 0 Å². The number of likely N-dealkylation sites (tertiary alicyclic amines) is 1. The minimum absolute atomic E-state index is 0.00229.